The lowest BCUT2D eigenvalue weighted by Gasteiger charge is -2.07. The molecule has 1 heterocycles. The number of alkyl halides is 3. The number of aliphatic hydroxyl groups is 1. The van der Waals surface area contributed by atoms with E-state index in [9.17, 15) is 13.2 Å². The van der Waals surface area contributed by atoms with Crippen LogP contribution in [0.3, 0.4) is 0 Å². The van der Waals surface area contributed by atoms with E-state index < -0.39 is 12.6 Å². The molecule has 0 aromatic carbocycles. The van der Waals surface area contributed by atoms with Gasteiger partial charge in [0.05, 0.1) is 18.9 Å². The number of aromatic nitrogens is 1. The summed E-state index contributed by atoms with van der Waals surface area (Å²) < 4.78 is 40.4. The van der Waals surface area contributed by atoms with E-state index in [0.29, 0.717) is 5.69 Å². The molecule has 1 aromatic rings. The van der Waals surface area contributed by atoms with Crippen molar-refractivity contribution in [2.75, 3.05) is 6.61 Å². The van der Waals surface area contributed by atoms with Gasteiger partial charge in [-0.15, -0.1) is 0 Å². The highest BCUT2D eigenvalue weighted by Gasteiger charge is 2.26. The molecule has 1 aromatic heterocycles. The van der Waals surface area contributed by atoms with Gasteiger partial charge in [0, 0.05) is 12.5 Å². The van der Waals surface area contributed by atoms with Crippen molar-refractivity contribution in [3.63, 3.8) is 0 Å². The first-order valence-electron chi connectivity index (χ1n) is 4.77. The van der Waals surface area contributed by atoms with E-state index in [1.807, 2.05) is 0 Å². The van der Waals surface area contributed by atoms with Crippen molar-refractivity contribution < 1.29 is 23.0 Å². The molecule has 0 saturated carbocycles. The highest BCUT2D eigenvalue weighted by molar-refractivity contribution is 5.15. The SMILES string of the molecule is OCc1cccc(OCCCC(F)(F)F)n1. The molecule has 0 spiro atoms. The molecular weight excluding hydrogens is 223 g/mol. The average molecular weight is 235 g/mol. The summed E-state index contributed by atoms with van der Waals surface area (Å²) in [7, 11) is 0. The van der Waals surface area contributed by atoms with Gasteiger partial charge >= 0.3 is 6.18 Å². The zero-order valence-electron chi connectivity index (χ0n) is 8.50. The van der Waals surface area contributed by atoms with Gasteiger partial charge in [0.25, 0.3) is 0 Å². The molecule has 16 heavy (non-hydrogen) atoms. The topological polar surface area (TPSA) is 42.4 Å². The molecule has 0 aliphatic rings. The van der Waals surface area contributed by atoms with E-state index in [4.69, 9.17) is 9.84 Å². The first kappa shape index (κ1) is 12.8. The van der Waals surface area contributed by atoms with Gasteiger partial charge in [-0.1, -0.05) is 6.07 Å². The van der Waals surface area contributed by atoms with Gasteiger partial charge < -0.3 is 9.84 Å². The number of halogens is 3. The van der Waals surface area contributed by atoms with Crippen molar-refractivity contribution in [3.8, 4) is 5.88 Å². The van der Waals surface area contributed by atoms with Crippen LogP contribution in [-0.4, -0.2) is 22.9 Å². The lowest BCUT2D eigenvalue weighted by Crippen LogP contribution is -2.10. The van der Waals surface area contributed by atoms with Crippen LogP contribution >= 0.6 is 0 Å². The molecule has 0 bridgehead atoms. The van der Waals surface area contributed by atoms with Gasteiger partial charge in [0.2, 0.25) is 5.88 Å². The molecule has 1 rings (SSSR count). The molecule has 0 unspecified atom stereocenters. The Bertz CT molecular complexity index is 328. The molecule has 1 N–H and O–H groups in total. The Morgan fingerprint density at radius 2 is 2.06 bits per heavy atom. The van der Waals surface area contributed by atoms with E-state index in [2.05, 4.69) is 4.98 Å². The predicted octanol–water partition coefficient (Wildman–Crippen LogP) is 2.30. The zero-order valence-corrected chi connectivity index (χ0v) is 8.50. The summed E-state index contributed by atoms with van der Waals surface area (Å²) in [5.74, 6) is 0.230. The number of hydrogen-bond donors (Lipinski definition) is 1. The maximum absolute atomic E-state index is 11.8. The third-order valence-electron chi connectivity index (χ3n) is 1.80. The minimum Gasteiger partial charge on any atom is -0.478 e. The second-order valence-corrected chi connectivity index (χ2v) is 3.19. The Balaban J connectivity index is 2.32. The predicted molar refractivity (Wildman–Crippen MR) is 50.9 cm³/mol. The maximum atomic E-state index is 11.8. The standard InChI is InChI=1S/C10H12F3NO2/c11-10(12,13)5-2-6-16-9-4-1-3-8(7-15)14-9/h1,3-4,15H,2,5-7H2. The van der Waals surface area contributed by atoms with Gasteiger partial charge in [-0.3, -0.25) is 0 Å². The van der Waals surface area contributed by atoms with Crippen LogP contribution in [0.15, 0.2) is 18.2 Å². The second kappa shape index (κ2) is 5.69. The van der Waals surface area contributed by atoms with Crippen LogP contribution in [0.2, 0.25) is 0 Å². The molecule has 0 aliphatic carbocycles. The second-order valence-electron chi connectivity index (χ2n) is 3.19. The highest BCUT2D eigenvalue weighted by atomic mass is 19.4. The molecular formula is C10H12F3NO2. The third kappa shape index (κ3) is 4.97. The first-order chi connectivity index (χ1) is 7.51. The number of rotatable bonds is 5. The summed E-state index contributed by atoms with van der Waals surface area (Å²) in [6.07, 6.45) is -5.12. The fraction of sp³-hybridized carbons (Fsp3) is 0.500. The maximum Gasteiger partial charge on any atom is 0.389 e. The molecule has 0 radical (unpaired) electrons. The molecule has 6 heteroatoms. The fourth-order valence-electron chi connectivity index (χ4n) is 1.08. The zero-order chi connectivity index (χ0) is 12.0. The lowest BCUT2D eigenvalue weighted by atomic mass is 10.3. The van der Waals surface area contributed by atoms with Gasteiger partial charge in [-0.2, -0.15) is 13.2 Å². The van der Waals surface area contributed by atoms with Crippen LogP contribution in [0, 0.1) is 0 Å². The van der Waals surface area contributed by atoms with Crippen LogP contribution in [0.1, 0.15) is 18.5 Å². The van der Waals surface area contributed by atoms with Crippen molar-refractivity contribution in [2.45, 2.75) is 25.6 Å². The monoisotopic (exact) mass is 235 g/mol. The van der Waals surface area contributed by atoms with Crippen molar-refractivity contribution in [1.29, 1.82) is 0 Å². The Morgan fingerprint density at radius 1 is 1.31 bits per heavy atom. The van der Waals surface area contributed by atoms with Crippen LogP contribution < -0.4 is 4.74 Å². The summed E-state index contributed by atoms with van der Waals surface area (Å²) in [4.78, 5) is 3.87. The minimum absolute atomic E-state index is 0.0403. The molecule has 0 fully saturated rings. The summed E-state index contributed by atoms with van der Waals surface area (Å²) in [5.41, 5.74) is 0.424. The normalized spacial score (nSPS) is 11.5. The number of hydrogen-bond acceptors (Lipinski definition) is 3. The number of pyridine rings is 1. The van der Waals surface area contributed by atoms with Crippen LogP contribution in [0.5, 0.6) is 5.88 Å². The smallest absolute Gasteiger partial charge is 0.389 e. The van der Waals surface area contributed by atoms with Crippen molar-refractivity contribution in [3.05, 3.63) is 23.9 Å². The molecule has 90 valence electrons. The summed E-state index contributed by atoms with van der Waals surface area (Å²) in [6.45, 7) is -0.263. The van der Waals surface area contributed by atoms with E-state index >= 15 is 0 Å². The highest BCUT2D eigenvalue weighted by Crippen LogP contribution is 2.21. The summed E-state index contributed by atoms with van der Waals surface area (Å²) in [6, 6.07) is 4.76. The quantitative estimate of drug-likeness (QED) is 0.796. The van der Waals surface area contributed by atoms with Crippen LogP contribution in [0.25, 0.3) is 0 Å². The molecule has 0 saturated heterocycles. The van der Waals surface area contributed by atoms with Crippen molar-refractivity contribution >= 4 is 0 Å². The van der Waals surface area contributed by atoms with E-state index in [0.717, 1.165) is 0 Å². The van der Waals surface area contributed by atoms with E-state index in [1.54, 1.807) is 12.1 Å². The Hall–Kier alpha value is -1.30. The largest absolute Gasteiger partial charge is 0.478 e. The average Bonchev–Trinajstić information content (AvgIpc) is 2.23. The summed E-state index contributed by atoms with van der Waals surface area (Å²) in [5, 5.41) is 8.77. The van der Waals surface area contributed by atoms with Crippen molar-refractivity contribution in [2.24, 2.45) is 0 Å². The lowest BCUT2D eigenvalue weighted by molar-refractivity contribution is -0.136. The Labute approximate surface area is 90.9 Å². The summed E-state index contributed by atoms with van der Waals surface area (Å²) >= 11 is 0. The Kier molecular flexibility index (Phi) is 4.54. The van der Waals surface area contributed by atoms with Crippen LogP contribution in [-0.2, 0) is 6.61 Å². The Morgan fingerprint density at radius 3 is 2.69 bits per heavy atom. The van der Waals surface area contributed by atoms with Gasteiger partial charge in [-0.25, -0.2) is 4.98 Å². The molecule has 0 amide bonds. The van der Waals surface area contributed by atoms with Crippen LogP contribution in [0.4, 0.5) is 13.2 Å². The van der Waals surface area contributed by atoms with E-state index in [-0.39, 0.29) is 25.5 Å². The number of ether oxygens (including phenoxy) is 1. The van der Waals surface area contributed by atoms with Gasteiger partial charge in [0.1, 0.15) is 0 Å². The third-order valence-corrected chi connectivity index (χ3v) is 1.80. The number of nitrogens with zero attached hydrogens (tertiary/aromatic N) is 1. The fourth-order valence-corrected chi connectivity index (χ4v) is 1.08. The molecule has 0 atom stereocenters. The van der Waals surface area contributed by atoms with E-state index in [1.165, 1.54) is 6.07 Å². The molecule has 3 nitrogen and oxygen atoms in total. The number of aliphatic hydroxyl groups excluding tert-OH is 1. The van der Waals surface area contributed by atoms with Gasteiger partial charge in [-0.05, 0) is 12.5 Å². The molecule has 0 aliphatic heterocycles. The van der Waals surface area contributed by atoms with Crippen molar-refractivity contribution in [1.82, 2.24) is 4.98 Å². The van der Waals surface area contributed by atoms with Gasteiger partial charge in [0.15, 0.2) is 0 Å². The first-order valence-corrected chi connectivity index (χ1v) is 4.77. The minimum atomic E-state index is -4.15.